The molecule has 2 heterocycles. The van der Waals surface area contributed by atoms with Crippen LogP contribution in [0.1, 0.15) is 48.6 Å². The number of para-hydroxylation sites is 1. The maximum Gasteiger partial charge on any atom is 0.239 e. The van der Waals surface area contributed by atoms with E-state index in [1.807, 2.05) is 50.6 Å². The lowest BCUT2D eigenvalue weighted by Crippen LogP contribution is -2.22. The molecule has 0 radical (unpaired) electrons. The zero-order chi connectivity index (χ0) is 21.8. The highest BCUT2D eigenvalue weighted by Gasteiger charge is 2.20. The van der Waals surface area contributed by atoms with Crippen molar-refractivity contribution in [2.24, 2.45) is 7.05 Å². The number of amides is 1. The lowest BCUT2D eigenvalue weighted by atomic mass is 10.0. The van der Waals surface area contributed by atoms with Crippen LogP contribution < -0.4 is 10.1 Å². The van der Waals surface area contributed by atoms with E-state index in [0.29, 0.717) is 28.6 Å². The van der Waals surface area contributed by atoms with Crippen LogP contribution in [-0.4, -0.2) is 30.9 Å². The number of thioether (sulfide) groups is 1. The van der Waals surface area contributed by atoms with Gasteiger partial charge in [0.2, 0.25) is 5.91 Å². The normalized spacial score (nSPS) is 12.2. The minimum absolute atomic E-state index is 0.111. The molecule has 0 aliphatic heterocycles. The first kappa shape index (κ1) is 22.3. The highest BCUT2D eigenvalue weighted by Crippen LogP contribution is 2.28. The summed E-state index contributed by atoms with van der Waals surface area (Å²) in [7, 11) is 1.88. The van der Waals surface area contributed by atoms with Crippen molar-refractivity contribution in [3.63, 3.8) is 0 Å². The topological polar surface area (TPSA) is 81.9 Å². The van der Waals surface area contributed by atoms with Crippen molar-refractivity contribution in [2.75, 3.05) is 5.32 Å². The predicted molar refractivity (Wildman–Crippen MR) is 121 cm³/mol. The van der Waals surface area contributed by atoms with Crippen LogP contribution in [0.25, 0.3) is 0 Å². The van der Waals surface area contributed by atoms with Gasteiger partial charge in [-0.15, -0.1) is 21.5 Å². The van der Waals surface area contributed by atoms with Gasteiger partial charge in [0.05, 0.1) is 10.9 Å². The largest absolute Gasteiger partial charge is 0.485 e. The third kappa shape index (κ3) is 5.20. The van der Waals surface area contributed by atoms with Crippen molar-refractivity contribution in [2.45, 2.75) is 57.5 Å². The molecule has 9 heteroatoms. The Morgan fingerprint density at radius 2 is 1.97 bits per heavy atom. The molecular weight excluding hydrogens is 418 g/mol. The van der Waals surface area contributed by atoms with E-state index in [-0.39, 0.29) is 11.2 Å². The molecule has 0 saturated heterocycles. The van der Waals surface area contributed by atoms with E-state index in [4.69, 9.17) is 4.74 Å². The molecule has 30 heavy (non-hydrogen) atoms. The Hall–Kier alpha value is -2.39. The Balaban J connectivity index is 1.61. The second-order valence-electron chi connectivity index (χ2n) is 7.35. The summed E-state index contributed by atoms with van der Waals surface area (Å²) < 4.78 is 7.87. The fraction of sp³-hybridized carbons (Fsp3) is 0.429. The van der Waals surface area contributed by atoms with E-state index in [2.05, 4.69) is 40.4 Å². The maximum atomic E-state index is 12.5. The predicted octanol–water partition coefficient (Wildman–Crippen LogP) is 4.71. The minimum atomic E-state index is -0.340. The third-order valence-corrected chi connectivity index (χ3v) is 6.86. The zero-order valence-electron chi connectivity index (χ0n) is 18.1. The summed E-state index contributed by atoms with van der Waals surface area (Å²) in [6.07, 6.45) is 0. The summed E-state index contributed by atoms with van der Waals surface area (Å²) in [6, 6.07) is 8.02. The van der Waals surface area contributed by atoms with Crippen molar-refractivity contribution in [1.82, 2.24) is 19.7 Å². The van der Waals surface area contributed by atoms with Crippen LogP contribution in [0, 0.1) is 13.8 Å². The molecule has 160 valence electrons. The Morgan fingerprint density at radius 1 is 1.23 bits per heavy atom. The fourth-order valence-corrected chi connectivity index (χ4v) is 4.40. The second kappa shape index (κ2) is 9.61. The summed E-state index contributed by atoms with van der Waals surface area (Å²) in [5, 5.41) is 12.3. The Bertz CT molecular complexity index is 1010. The average molecular weight is 446 g/mol. The fourth-order valence-electron chi connectivity index (χ4n) is 2.75. The lowest BCUT2D eigenvalue weighted by Gasteiger charge is -2.14. The lowest BCUT2D eigenvalue weighted by molar-refractivity contribution is -0.115. The van der Waals surface area contributed by atoms with Crippen molar-refractivity contribution < 1.29 is 9.53 Å². The number of nitrogens with one attached hydrogen (secondary N) is 1. The third-order valence-electron chi connectivity index (χ3n) is 4.73. The van der Waals surface area contributed by atoms with Crippen LogP contribution in [0.15, 0.2) is 29.4 Å². The monoisotopic (exact) mass is 445 g/mol. The highest BCUT2D eigenvalue weighted by molar-refractivity contribution is 8.00. The molecule has 0 fully saturated rings. The van der Waals surface area contributed by atoms with Gasteiger partial charge < -0.3 is 14.6 Å². The molecule has 1 atom stereocenters. The van der Waals surface area contributed by atoms with Crippen LogP contribution in [0.4, 0.5) is 5.13 Å². The van der Waals surface area contributed by atoms with Gasteiger partial charge in [-0.25, -0.2) is 4.98 Å². The number of hydrogen-bond acceptors (Lipinski definition) is 7. The van der Waals surface area contributed by atoms with E-state index in [9.17, 15) is 4.79 Å². The number of thiazole rings is 1. The van der Waals surface area contributed by atoms with E-state index in [1.165, 1.54) is 23.1 Å². The number of carbonyl (C=O) groups is 1. The molecule has 3 aromatic rings. The van der Waals surface area contributed by atoms with Crippen LogP contribution in [0.3, 0.4) is 0 Å². The van der Waals surface area contributed by atoms with E-state index in [0.717, 1.165) is 21.9 Å². The first-order valence-corrected chi connectivity index (χ1v) is 11.5. The van der Waals surface area contributed by atoms with Gasteiger partial charge in [-0.05, 0) is 38.3 Å². The Kier molecular flexibility index (Phi) is 7.14. The Labute approximate surface area is 185 Å². The number of carbonyl (C=O) groups excluding carboxylic acids is 1. The van der Waals surface area contributed by atoms with Gasteiger partial charge in [0.1, 0.15) is 12.4 Å². The number of nitrogens with zero attached hydrogens (tertiary/aromatic N) is 4. The van der Waals surface area contributed by atoms with Gasteiger partial charge in [0.25, 0.3) is 0 Å². The number of benzene rings is 1. The van der Waals surface area contributed by atoms with Crippen molar-refractivity contribution >= 4 is 34.1 Å². The highest BCUT2D eigenvalue weighted by atomic mass is 32.2. The molecule has 0 aliphatic rings. The molecule has 1 aromatic carbocycles. The smallest absolute Gasteiger partial charge is 0.239 e. The van der Waals surface area contributed by atoms with Crippen LogP contribution in [0.2, 0.25) is 0 Å². The standard InChI is InChI=1S/C21H27N5O2S2/c1-12(2)16-9-7-8-10-17(16)28-11-18-24-25-21(26(18)6)30-15(5)19(27)23-20-22-13(3)14(4)29-20/h7-10,12,15H,11H2,1-6H3,(H,22,23,27)/t15-/m1/s1. The number of hydrogen-bond donors (Lipinski definition) is 1. The Morgan fingerprint density at radius 3 is 2.63 bits per heavy atom. The zero-order valence-corrected chi connectivity index (χ0v) is 19.7. The molecule has 0 spiro atoms. The molecule has 0 aliphatic carbocycles. The minimum Gasteiger partial charge on any atom is -0.485 e. The van der Waals surface area contributed by atoms with Crippen molar-refractivity contribution in [3.8, 4) is 5.75 Å². The number of anilines is 1. The number of aryl methyl sites for hydroxylation is 2. The first-order chi connectivity index (χ1) is 14.3. The van der Waals surface area contributed by atoms with Gasteiger partial charge in [-0.3, -0.25) is 4.79 Å². The molecule has 7 nitrogen and oxygen atoms in total. The van der Waals surface area contributed by atoms with Crippen molar-refractivity contribution in [1.29, 1.82) is 0 Å². The van der Waals surface area contributed by atoms with Gasteiger partial charge in [0, 0.05) is 11.9 Å². The summed E-state index contributed by atoms with van der Waals surface area (Å²) in [5.74, 6) is 1.82. The first-order valence-electron chi connectivity index (χ1n) is 9.77. The quantitative estimate of drug-likeness (QED) is 0.506. The average Bonchev–Trinajstić information content (AvgIpc) is 3.21. The van der Waals surface area contributed by atoms with Crippen LogP contribution in [0.5, 0.6) is 5.75 Å². The molecule has 3 rings (SSSR count). The van der Waals surface area contributed by atoms with Crippen molar-refractivity contribution in [3.05, 3.63) is 46.2 Å². The van der Waals surface area contributed by atoms with Gasteiger partial charge >= 0.3 is 0 Å². The van der Waals surface area contributed by atoms with E-state index >= 15 is 0 Å². The molecule has 1 amide bonds. The maximum absolute atomic E-state index is 12.5. The SMILES string of the molecule is Cc1nc(NC(=O)[C@@H](C)Sc2nnc(COc3ccccc3C(C)C)n2C)sc1C. The number of rotatable bonds is 8. The number of ether oxygens (including phenoxy) is 1. The van der Waals surface area contributed by atoms with Gasteiger partial charge in [0.15, 0.2) is 16.1 Å². The van der Waals surface area contributed by atoms with Gasteiger partial charge in [-0.2, -0.15) is 0 Å². The molecule has 0 bridgehead atoms. The van der Waals surface area contributed by atoms with Crippen LogP contribution >= 0.6 is 23.1 Å². The summed E-state index contributed by atoms with van der Waals surface area (Å²) >= 11 is 2.84. The molecule has 0 unspecified atom stereocenters. The second-order valence-corrected chi connectivity index (χ2v) is 9.86. The summed E-state index contributed by atoms with van der Waals surface area (Å²) in [6.45, 7) is 10.4. The molecular formula is C21H27N5O2S2. The van der Waals surface area contributed by atoms with Gasteiger partial charge in [-0.1, -0.05) is 43.8 Å². The number of aromatic nitrogens is 4. The molecule has 1 N–H and O–H groups in total. The summed E-state index contributed by atoms with van der Waals surface area (Å²) in [4.78, 5) is 18.0. The molecule has 0 saturated carbocycles. The summed E-state index contributed by atoms with van der Waals surface area (Å²) in [5.41, 5.74) is 2.10. The van der Waals surface area contributed by atoms with Crippen LogP contribution in [-0.2, 0) is 18.4 Å². The van der Waals surface area contributed by atoms with E-state index < -0.39 is 0 Å². The van der Waals surface area contributed by atoms with E-state index in [1.54, 1.807) is 0 Å². The molecule has 2 aromatic heterocycles.